The number of rotatable bonds is 8. The largest absolute Gasteiger partial charge is 0.396 e. The molecule has 28 heavy (non-hydrogen) atoms. The maximum Gasteiger partial charge on any atom is 0.251 e. The third kappa shape index (κ3) is 8.02. The van der Waals surface area contributed by atoms with E-state index in [1.54, 1.807) is 0 Å². The predicted molar refractivity (Wildman–Crippen MR) is 123 cm³/mol. The average molecular weight is 510 g/mol. The molecule has 2 fully saturated rings. The monoisotopic (exact) mass is 510 g/mol. The number of carbonyl (C=O) groups excluding carboxylic acids is 1. The third-order valence-corrected chi connectivity index (χ3v) is 5.27. The molecule has 0 radical (unpaired) electrons. The Kier molecular flexibility index (Phi) is 12.3. The summed E-state index contributed by atoms with van der Waals surface area (Å²) < 4.78 is 5.54. The zero-order chi connectivity index (χ0) is 19.6. The molecule has 2 heterocycles. The van der Waals surface area contributed by atoms with Gasteiger partial charge in [-0.15, -0.1) is 24.0 Å². The van der Waals surface area contributed by atoms with Gasteiger partial charge < -0.3 is 25.0 Å². The summed E-state index contributed by atoms with van der Waals surface area (Å²) >= 11 is 0. The van der Waals surface area contributed by atoms with Crippen molar-refractivity contribution in [3.63, 3.8) is 0 Å². The van der Waals surface area contributed by atoms with Gasteiger partial charge in [-0.1, -0.05) is 13.8 Å². The summed E-state index contributed by atoms with van der Waals surface area (Å²) in [5, 5.41) is 12.7. The minimum Gasteiger partial charge on any atom is -0.396 e. The minimum atomic E-state index is -0.228. The van der Waals surface area contributed by atoms with Crippen molar-refractivity contribution in [1.82, 2.24) is 15.1 Å². The van der Waals surface area contributed by atoms with Crippen LogP contribution in [-0.4, -0.2) is 85.4 Å². The van der Waals surface area contributed by atoms with Crippen LogP contribution in [0.15, 0.2) is 4.99 Å². The Morgan fingerprint density at radius 1 is 1.25 bits per heavy atom. The number of aliphatic imine (C=N–C) groups is 1. The van der Waals surface area contributed by atoms with E-state index in [0.29, 0.717) is 18.4 Å². The van der Waals surface area contributed by atoms with E-state index >= 15 is 0 Å². The van der Waals surface area contributed by atoms with E-state index < -0.39 is 0 Å². The van der Waals surface area contributed by atoms with Crippen LogP contribution in [0.25, 0.3) is 0 Å². The van der Waals surface area contributed by atoms with Crippen LogP contribution in [0.3, 0.4) is 0 Å². The van der Waals surface area contributed by atoms with Gasteiger partial charge in [0.25, 0.3) is 5.91 Å². The number of hydrogen-bond acceptors (Lipinski definition) is 4. The molecule has 0 aliphatic carbocycles. The van der Waals surface area contributed by atoms with E-state index in [4.69, 9.17) is 9.73 Å². The lowest BCUT2D eigenvalue weighted by molar-refractivity contribution is -0.142. The fourth-order valence-electron chi connectivity index (χ4n) is 3.89. The summed E-state index contributed by atoms with van der Waals surface area (Å²) in [4.78, 5) is 21.5. The van der Waals surface area contributed by atoms with Crippen LogP contribution in [0.5, 0.6) is 0 Å². The molecule has 2 N–H and O–H groups in total. The van der Waals surface area contributed by atoms with Crippen LogP contribution in [0, 0.1) is 11.8 Å². The van der Waals surface area contributed by atoms with Crippen LogP contribution in [0.1, 0.15) is 46.5 Å². The first-order valence-electron chi connectivity index (χ1n) is 10.6. The zero-order valence-corrected chi connectivity index (χ0v) is 20.1. The number of guanidine groups is 1. The van der Waals surface area contributed by atoms with Crippen LogP contribution >= 0.6 is 24.0 Å². The number of hydrogen-bond donors (Lipinski definition) is 2. The lowest BCUT2D eigenvalue weighted by Crippen LogP contribution is -2.55. The van der Waals surface area contributed by atoms with E-state index in [1.807, 2.05) is 4.90 Å². The summed E-state index contributed by atoms with van der Waals surface area (Å²) in [6.07, 6.45) is 3.48. The molecule has 0 aromatic heterocycles. The number of carbonyl (C=O) groups is 1. The van der Waals surface area contributed by atoms with Gasteiger partial charge >= 0.3 is 0 Å². The molecule has 2 aliphatic heterocycles. The second-order valence-corrected chi connectivity index (χ2v) is 8.02. The molecule has 7 nitrogen and oxygen atoms in total. The second kappa shape index (κ2) is 13.6. The first-order valence-corrected chi connectivity index (χ1v) is 10.6. The molecular formula is C20H39IN4O3. The van der Waals surface area contributed by atoms with Gasteiger partial charge in [0.15, 0.2) is 5.96 Å². The first-order chi connectivity index (χ1) is 13.0. The van der Waals surface area contributed by atoms with Crippen molar-refractivity contribution in [2.45, 2.75) is 52.6 Å². The van der Waals surface area contributed by atoms with Crippen LogP contribution in [0.4, 0.5) is 0 Å². The van der Waals surface area contributed by atoms with Crippen molar-refractivity contribution < 1.29 is 14.6 Å². The Morgan fingerprint density at radius 3 is 2.46 bits per heavy atom. The van der Waals surface area contributed by atoms with Gasteiger partial charge in [0, 0.05) is 52.5 Å². The highest BCUT2D eigenvalue weighted by atomic mass is 127. The second-order valence-electron chi connectivity index (χ2n) is 8.02. The van der Waals surface area contributed by atoms with E-state index in [9.17, 15) is 9.90 Å². The van der Waals surface area contributed by atoms with E-state index in [2.05, 4.69) is 31.0 Å². The molecule has 2 saturated heterocycles. The van der Waals surface area contributed by atoms with Gasteiger partial charge in [-0.2, -0.15) is 0 Å². The molecule has 0 bridgehead atoms. The SMILES string of the molecule is CCNC(=NCC(CCO)CC(C)C)N1CCN(C(=O)C2CCCO2)CC1.I. The topological polar surface area (TPSA) is 77.4 Å². The Hall–Kier alpha value is -0.610. The minimum absolute atomic E-state index is 0. The van der Waals surface area contributed by atoms with Crippen LogP contribution in [0.2, 0.25) is 0 Å². The fourth-order valence-corrected chi connectivity index (χ4v) is 3.89. The van der Waals surface area contributed by atoms with E-state index in [-0.39, 0.29) is 42.6 Å². The summed E-state index contributed by atoms with van der Waals surface area (Å²) in [7, 11) is 0. The normalized spacial score (nSPS) is 21.6. The number of amides is 1. The van der Waals surface area contributed by atoms with Gasteiger partial charge in [0.2, 0.25) is 0 Å². The number of nitrogens with one attached hydrogen (secondary N) is 1. The maximum absolute atomic E-state index is 12.5. The highest BCUT2D eigenvalue weighted by Gasteiger charge is 2.30. The number of halogens is 1. The van der Waals surface area contributed by atoms with Crippen LogP contribution in [-0.2, 0) is 9.53 Å². The molecule has 0 aromatic rings. The number of aliphatic hydroxyl groups is 1. The van der Waals surface area contributed by atoms with Gasteiger partial charge in [-0.3, -0.25) is 9.79 Å². The van der Waals surface area contributed by atoms with Crippen molar-refractivity contribution in [2.24, 2.45) is 16.8 Å². The standard InChI is InChI=1S/C20H38N4O3.HI/c1-4-21-20(22-15-17(7-12-25)14-16(2)3)24-10-8-23(9-11-24)19(26)18-6-5-13-27-18;/h16-18,25H,4-15H2,1-3H3,(H,21,22);1H. The molecular weight excluding hydrogens is 471 g/mol. The molecule has 8 heteroatoms. The molecule has 1 amide bonds. The first kappa shape index (κ1) is 25.4. The highest BCUT2D eigenvalue weighted by molar-refractivity contribution is 14.0. The Morgan fingerprint density at radius 2 is 1.93 bits per heavy atom. The lowest BCUT2D eigenvalue weighted by Gasteiger charge is -2.37. The van der Waals surface area contributed by atoms with Crippen molar-refractivity contribution in [1.29, 1.82) is 0 Å². The zero-order valence-electron chi connectivity index (χ0n) is 17.7. The van der Waals surface area contributed by atoms with Crippen molar-refractivity contribution in [2.75, 3.05) is 52.5 Å². The molecule has 0 spiro atoms. The quantitative estimate of drug-likeness (QED) is 0.297. The van der Waals surface area contributed by atoms with Gasteiger partial charge in [-0.05, 0) is 44.4 Å². The van der Waals surface area contributed by atoms with Crippen molar-refractivity contribution >= 4 is 35.8 Å². The summed E-state index contributed by atoms with van der Waals surface area (Å²) in [6.45, 7) is 12.0. The molecule has 2 rings (SSSR count). The molecule has 164 valence electrons. The Labute approximate surface area is 187 Å². The lowest BCUT2D eigenvalue weighted by atomic mass is 9.94. The smallest absolute Gasteiger partial charge is 0.251 e. The van der Waals surface area contributed by atoms with Crippen molar-refractivity contribution in [3.8, 4) is 0 Å². The average Bonchev–Trinajstić information content (AvgIpc) is 3.19. The van der Waals surface area contributed by atoms with E-state index in [0.717, 1.165) is 70.9 Å². The molecule has 2 unspecified atom stereocenters. The van der Waals surface area contributed by atoms with E-state index in [1.165, 1.54) is 0 Å². The number of nitrogens with zero attached hydrogens (tertiary/aromatic N) is 3. The Bertz CT molecular complexity index is 476. The molecule has 0 saturated carbocycles. The van der Waals surface area contributed by atoms with Gasteiger partial charge in [-0.25, -0.2) is 0 Å². The van der Waals surface area contributed by atoms with Crippen LogP contribution < -0.4 is 5.32 Å². The summed E-state index contributed by atoms with van der Waals surface area (Å²) in [5.74, 6) is 2.08. The number of ether oxygens (including phenoxy) is 1. The fraction of sp³-hybridized carbons (Fsp3) is 0.900. The molecule has 2 atom stereocenters. The predicted octanol–water partition coefficient (Wildman–Crippen LogP) is 1.94. The third-order valence-electron chi connectivity index (χ3n) is 5.27. The summed E-state index contributed by atoms with van der Waals surface area (Å²) in [5.41, 5.74) is 0. The molecule has 0 aromatic carbocycles. The summed E-state index contributed by atoms with van der Waals surface area (Å²) in [6, 6.07) is 0. The maximum atomic E-state index is 12.5. The Balaban J connectivity index is 0.00000392. The number of aliphatic hydroxyl groups excluding tert-OH is 1. The van der Waals surface area contributed by atoms with Gasteiger partial charge in [0.05, 0.1) is 0 Å². The highest BCUT2D eigenvalue weighted by Crippen LogP contribution is 2.17. The number of piperazine rings is 1. The van der Waals surface area contributed by atoms with Crippen molar-refractivity contribution in [3.05, 3.63) is 0 Å². The molecule has 2 aliphatic rings. The van der Waals surface area contributed by atoms with Gasteiger partial charge in [0.1, 0.15) is 6.10 Å².